The van der Waals surface area contributed by atoms with E-state index in [-0.39, 0.29) is 5.97 Å². The van der Waals surface area contributed by atoms with Gasteiger partial charge >= 0.3 is 5.97 Å². The zero-order valence-corrected chi connectivity index (χ0v) is 12.3. The van der Waals surface area contributed by atoms with Gasteiger partial charge in [-0.05, 0) is 39.0 Å². The number of hydrogen-bond donors (Lipinski definition) is 0. The van der Waals surface area contributed by atoms with Crippen LogP contribution in [0.5, 0.6) is 0 Å². The monoisotopic (exact) mass is 245 g/mol. The maximum Gasteiger partial charge on any atom is 0.333 e. The predicted octanol–water partition coefficient (Wildman–Crippen LogP) is 2.12. The Hall–Kier alpha value is -0.396. The molecule has 0 fully saturated rings. The lowest BCUT2D eigenvalue weighted by molar-refractivity contribution is -0.138. The largest absolute Gasteiger partial charge is 0.462 e. The van der Waals surface area contributed by atoms with Crippen molar-refractivity contribution < 1.29 is 13.6 Å². The van der Waals surface area contributed by atoms with Gasteiger partial charge in [0.25, 0.3) is 0 Å². The average Bonchev–Trinajstić information content (AvgIpc) is 2.10. The highest BCUT2D eigenvalue weighted by atomic mass is 28.4. The van der Waals surface area contributed by atoms with Crippen LogP contribution in [0.15, 0.2) is 12.2 Å². The van der Waals surface area contributed by atoms with Crippen molar-refractivity contribution in [2.24, 2.45) is 0 Å². The average molecular weight is 245 g/mol. The zero-order valence-electron chi connectivity index (χ0n) is 10.1. The van der Waals surface area contributed by atoms with Crippen LogP contribution in [0.4, 0.5) is 0 Å². The summed E-state index contributed by atoms with van der Waals surface area (Å²) in [4.78, 5) is 11.0. The van der Waals surface area contributed by atoms with Crippen LogP contribution in [0.25, 0.3) is 0 Å². The second kappa shape index (κ2) is 7.84. The third-order valence-corrected chi connectivity index (χ3v) is 6.24. The molecule has 87 valence electrons. The minimum absolute atomic E-state index is 0.293. The molecule has 0 saturated heterocycles. The Morgan fingerprint density at radius 3 is 2.53 bits per heavy atom. The maximum atomic E-state index is 11.0. The topological polar surface area (TPSA) is 35.5 Å². The van der Waals surface area contributed by atoms with Gasteiger partial charge in [0.1, 0.15) is 0 Å². The number of rotatable bonds is 7. The van der Waals surface area contributed by atoms with Crippen LogP contribution in [0.2, 0.25) is 25.7 Å². The molecule has 0 amide bonds. The highest BCUT2D eigenvalue weighted by Crippen LogP contribution is 2.02. The molecule has 15 heavy (non-hydrogen) atoms. The Morgan fingerprint density at radius 1 is 1.47 bits per heavy atom. The summed E-state index contributed by atoms with van der Waals surface area (Å²) in [6, 6.07) is 1.04. The molecule has 0 N–H and O–H groups in total. The second-order valence-corrected chi connectivity index (χ2v) is 8.83. The molecule has 0 aliphatic carbocycles. The van der Waals surface area contributed by atoms with Crippen LogP contribution in [0, 0.1) is 0 Å². The van der Waals surface area contributed by atoms with Crippen LogP contribution in [-0.2, 0) is 13.6 Å². The first-order valence-electron chi connectivity index (χ1n) is 5.25. The van der Waals surface area contributed by atoms with Crippen LogP contribution in [0.3, 0.4) is 0 Å². The summed E-state index contributed by atoms with van der Waals surface area (Å²) in [7, 11) is -1.55. The Kier molecular flexibility index (Phi) is 7.63. The van der Waals surface area contributed by atoms with E-state index in [9.17, 15) is 4.79 Å². The first kappa shape index (κ1) is 14.6. The maximum absolute atomic E-state index is 11.0. The molecule has 0 atom stereocenters. The summed E-state index contributed by atoms with van der Waals surface area (Å²) in [5.74, 6) is -0.293. The Labute approximate surface area is 95.9 Å². The van der Waals surface area contributed by atoms with Gasteiger partial charge in [0, 0.05) is 5.57 Å². The number of carbonyl (C=O) groups excluding carboxylic acids is 1. The number of ether oxygens (including phenoxy) is 1. The highest BCUT2D eigenvalue weighted by molar-refractivity contribution is 6.63. The molecule has 0 saturated carbocycles. The Balaban J connectivity index is 3.46. The number of esters is 1. The van der Waals surface area contributed by atoms with E-state index in [1.807, 2.05) is 0 Å². The molecule has 0 heterocycles. The van der Waals surface area contributed by atoms with Crippen molar-refractivity contribution in [1.29, 1.82) is 0 Å². The van der Waals surface area contributed by atoms with Gasteiger partial charge in [0.2, 0.25) is 0 Å². The van der Waals surface area contributed by atoms with E-state index < -0.39 is 18.1 Å². The predicted molar refractivity (Wildman–Crippen MR) is 66.8 cm³/mol. The van der Waals surface area contributed by atoms with Gasteiger partial charge in [-0.2, -0.15) is 0 Å². The highest BCUT2D eigenvalue weighted by Gasteiger charge is 2.09. The van der Waals surface area contributed by atoms with Gasteiger partial charge in [0.05, 0.1) is 6.61 Å². The van der Waals surface area contributed by atoms with E-state index in [1.165, 1.54) is 0 Å². The Morgan fingerprint density at radius 2 is 2.07 bits per heavy atom. The number of carbonyl (C=O) groups is 1. The molecule has 0 rings (SSSR count). The van der Waals surface area contributed by atoms with Crippen molar-refractivity contribution in [1.82, 2.24) is 0 Å². The van der Waals surface area contributed by atoms with E-state index in [4.69, 9.17) is 8.85 Å². The first-order chi connectivity index (χ1) is 6.93. The summed E-state index contributed by atoms with van der Waals surface area (Å²) >= 11 is 0. The van der Waals surface area contributed by atoms with Crippen molar-refractivity contribution in [3.63, 3.8) is 0 Å². The first-order valence-corrected chi connectivity index (χ1v) is 10.1. The molecule has 0 unspecified atom stereocenters. The molecule has 5 heteroatoms. The van der Waals surface area contributed by atoms with Crippen LogP contribution in [0.1, 0.15) is 13.3 Å². The molecule has 3 nitrogen and oxygen atoms in total. The minimum atomic E-state index is -0.893. The summed E-state index contributed by atoms with van der Waals surface area (Å²) in [5, 5.41) is 0. The normalized spacial score (nSPS) is 10.8. The minimum Gasteiger partial charge on any atom is -0.462 e. The zero-order chi connectivity index (χ0) is 11.8. The molecule has 0 aromatic carbocycles. The van der Waals surface area contributed by atoms with E-state index >= 15 is 0 Å². The molecule has 0 aromatic heterocycles. The van der Waals surface area contributed by atoms with Gasteiger partial charge < -0.3 is 8.85 Å². The standard InChI is InChI=1S/C10H21O3Si2/c1-9(2)10(11)12-7-6-8-15(5)13-14(3)4/h14H,1,6-8H2,2-5H3. The fourth-order valence-electron chi connectivity index (χ4n) is 1.07. The van der Waals surface area contributed by atoms with Crippen molar-refractivity contribution >= 4 is 24.0 Å². The summed E-state index contributed by atoms with van der Waals surface area (Å²) in [6.45, 7) is 12.2. The van der Waals surface area contributed by atoms with Crippen LogP contribution in [-0.4, -0.2) is 30.7 Å². The molecule has 0 bridgehead atoms. The van der Waals surface area contributed by atoms with E-state index in [2.05, 4.69) is 26.2 Å². The van der Waals surface area contributed by atoms with Gasteiger partial charge in [-0.15, -0.1) is 0 Å². The van der Waals surface area contributed by atoms with Gasteiger partial charge in [-0.3, -0.25) is 0 Å². The van der Waals surface area contributed by atoms with Crippen molar-refractivity contribution in [2.45, 2.75) is 39.0 Å². The fraction of sp³-hybridized carbons (Fsp3) is 0.700. The smallest absolute Gasteiger partial charge is 0.333 e. The van der Waals surface area contributed by atoms with Crippen LogP contribution < -0.4 is 0 Å². The van der Waals surface area contributed by atoms with E-state index in [1.54, 1.807) is 6.92 Å². The van der Waals surface area contributed by atoms with Crippen LogP contribution >= 0.6 is 0 Å². The van der Waals surface area contributed by atoms with E-state index in [0.717, 1.165) is 12.5 Å². The Bertz CT molecular complexity index is 217. The fourth-order valence-corrected chi connectivity index (χ4v) is 5.40. The molecular formula is C10H21O3Si2. The molecule has 0 aliphatic rings. The van der Waals surface area contributed by atoms with Gasteiger partial charge in [-0.25, -0.2) is 4.79 Å². The number of hydrogen-bond acceptors (Lipinski definition) is 3. The third kappa shape index (κ3) is 8.59. The summed E-state index contributed by atoms with van der Waals surface area (Å²) < 4.78 is 10.8. The quantitative estimate of drug-likeness (QED) is 0.298. The van der Waals surface area contributed by atoms with Gasteiger partial charge in [-0.1, -0.05) is 6.58 Å². The van der Waals surface area contributed by atoms with E-state index in [0.29, 0.717) is 12.2 Å². The van der Waals surface area contributed by atoms with Gasteiger partial charge in [0.15, 0.2) is 18.1 Å². The van der Waals surface area contributed by atoms with Crippen molar-refractivity contribution in [2.75, 3.05) is 6.61 Å². The lowest BCUT2D eigenvalue weighted by atomic mass is 10.4. The summed E-state index contributed by atoms with van der Waals surface area (Å²) in [6.07, 6.45) is 0.894. The molecule has 1 radical (unpaired) electrons. The lowest BCUT2D eigenvalue weighted by Gasteiger charge is -2.13. The molecule has 0 aliphatic heterocycles. The second-order valence-electron chi connectivity index (χ2n) is 3.89. The van der Waals surface area contributed by atoms with Crippen molar-refractivity contribution in [3.8, 4) is 0 Å². The molecule has 0 spiro atoms. The van der Waals surface area contributed by atoms with Crippen molar-refractivity contribution in [3.05, 3.63) is 12.2 Å². The molecular weight excluding hydrogens is 224 g/mol. The summed E-state index contributed by atoms with van der Waals surface area (Å²) in [5.41, 5.74) is 0.461. The third-order valence-electron chi connectivity index (χ3n) is 1.69. The lowest BCUT2D eigenvalue weighted by Crippen LogP contribution is -2.21. The SMILES string of the molecule is C=C(C)C(=O)OCCC[Si](C)O[SiH](C)C. The molecule has 0 aromatic rings.